The minimum Gasteiger partial charge on any atom is -0.0850 e. The summed E-state index contributed by atoms with van der Waals surface area (Å²) in [7, 11) is 0. The van der Waals surface area contributed by atoms with Crippen LogP contribution in [0.2, 0.25) is 0 Å². The third-order valence-corrected chi connectivity index (χ3v) is 5.25. The molecule has 15 heavy (non-hydrogen) atoms. The largest absolute Gasteiger partial charge is 0.0850 e. The molecule has 0 amide bonds. The highest BCUT2D eigenvalue weighted by Gasteiger charge is 2.48. The quantitative estimate of drug-likeness (QED) is 0.540. The van der Waals surface area contributed by atoms with Crippen molar-refractivity contribution >= 4 is 0 Å². The van der Waals surface area contributed by atoms with E-state index >= 15 is 0 Å². The van der Waals surface area contributed by atoms with Crippen LogP contribution in [0.15, 0.2) is 11.6 Å². The minimum atomic E-state index is 0.674. The first-order valence-corrected chi connectivity index (χ1v) is 6.72. The van der Waals surface area contributed by atoms with Crippen LogP contribution in [0.4, 0.5) is 0 Å². The molecule has 2 aliphatic carbocycles. The number of allylic oxidation sites excluding steroid dienone is 2. The molecule has 0 unspecified atom stereocenters. The van der Waals surface area contributed by atoms with Gasteiger partial charge in [0.05, 0.1) is 0 Å². The standard InChI is InChI=1S/C15H26/c1-11(2)14-6-5-13(4)15(14)9-7-12(3)8-10-15/h7,11,13-14H,5-6,8-10H2,1-4H3/t13-,14+,15+/m1/s1. The van der Waals surface area contributed by atoms with Gasteiger partial charge < -0.3 is 0 Å². The van der Waals surface area contributed by atoms with E-state index < -0.39 is 0 Å². The fraction of sp³-hybridized carbons (Fsp3) is 0.867. The molecule has 1 fully saturated rings. The van der Waals surface area contributed by atoms with Gasteiger partial charge in [-0.1, -0.05) is 32.4 Å². The zero-order valence-corrected chi connectivity index (χ0v) is 10.8. The lowest BCUT2D eigenvalue weighted by molar-refractivity contribution is 0.0904. The van der Waals surface area contributed by atoms with Crippen molar-refractivity contribution in [2.24, 2.45) is 23.2 Å². The summed E-state index contributed by atoms with van der Waals surface area (Å²) in [5, 5.41) is 0. The number of rotatable bonds is 1. The van der Waals surface area contributed by atoms with E-state index in [0.29, 0.717) is 5.41 Å². The molecule has 0 aromatic rings. The van der Waals surface area contributed by atoms with Gasteiger partial charge in [0.2, 0.25) is 0 Å². The zero-order chi connectivity index (χ0) is 11.1. The van der Waals surface area contributed by atoms with Gasteiger partial charge in [-0.3, -0.25) is 0 Å². The molecule has 1 saturated carbocycles. The Hall–Kier alpha value is -0.260. The molecule has 0 aliphatic heterocycles. The van der Waals surface area contributed by atoms with Crippen LogP contribution >= 0.6 is 0 Å². The smallest absolute Gasteiger partial charge is 0.0203 e. The fourth-order valence-corrected chi connectivity index (χ4v) is 4.15. The van der Waals surface area contributed by atoms with Crippen molar-refractivity contribution in [3.63, 3.8) is 0 Å². The summed E-state index contributed by atoms with van der Waals surface area (Å²) >= 11 is 0. The summed E-state index contributed by atoms with van der Waals surface area (Å²) in [6, 6.07) is 0. The van der Waals surface area contributed by atoms with Gasteiger partial charge in [0.15, 0.2) is 0 Å². The normalized spacial score (nSPS) is 41.3. The summed E-state index contributed by atoms with van der Waals surface area (Å²) in [5.41, 5.74) is 2.30. The molecule has 2 aliphatic rings. The summed E-state index contributed by atoms with van der Waals surface area (Å²) in [4.78, 5) is 0. The molecule has 3 atom stereocenters. The first kappa shape index (κ1) is 11.2. The Morgan fingerprint density at radius 1 is 1.33 bits per heavy atom. The highest BCUT2D eigenvalue weighted by atomic mass is 14.5. The Labute approximate surface area is 95.1 Å². The van der Waals surface area contributed by atoms with E-state index in [4.69, 9.17) is 0 Å². The van der Waals surface area contributed by atoms with Crippen LogP contribution in [-0.4, -0.2) is 0 Å². The average molecular weight is 206 g/mol. The maximum absolute atomic E-state index is 2.53. The van der Waals surface area contributed by atoms with E-state index in [1.165, 1.54) is 32.1 Å². The van der Waals surface area contributed by atoms with E-state index in [1.54, 1.807) is 5.57 Å². The Bertz CT molecular complexity index is 261. The molecule has 0 radical (unpaired) electrons. The average Bonchev–Trinajstić information content (AvgIpc) is 2.50. The summed E-state index contributed by atoms with van der Waals surface area (Å²) in [6.45, 7) is 9.65. The van der Waals surface area contributed by atoms with E-state index in [0.717, 1.165) is 17.8 Å². The van der Waals surface area contributed by atoms with Crippen molar-refractivity contribution in [1.29, 1.82) is 0 Å². The van der Waals surface area contributed by atoms with Crippen LogP contribution in [0.3, 0.4) is 0 Å². The molecule has 2 rings (SSSR count). The summed E-state index contributed by atoms with van der Waals surface area (Å²) in [5.74, 6) is 2.81. The van der Waals surface area contributed by atoms with E-state index in [2.05, 4.69) is 33.8 Å². The first-order valence-electron chi connectivity index (χ1n) is 6.72. The Morgan fingerprint density at radius 3 is 2.60 bits per heavy atom. The third kappa shape index (κ3) is 1.77. The topological polar surface area (TPSA) is 0 Å². The molecule has 86 valence electrons. The van der Waals surface area contributed by atoms with Crippen molar-refractivity contribution in [3.8, 4) is 0 Å². The van der Waals surface area contributed by atoms with Crippen LogP contribution in [0.5, 0.6) is 0 Å². The Morgan fingerprint density at radius 2 is 2.07 bits per heavy atom. The van der Waals surface area contributed by atoms with E-state index in [1.807, 2.05) is 0 Å². The van der Waals surface area contributed by atoms with Crippen LogP contribution < -0.4 is 0 Å². The van der Waals surface area contributed by atoms with E-state index in [9.17, 15) is 0 Å². The van der Waals surface area contributed by atoms with Gasteiger partial charge >= 0.3 is 0 Å². The van der Waals surface area contributed by atoms with Gasteiger partial charge in [0.25, 0.3) is 0 Å². The first-order chi connectivity index (χ1) is 7.06. The lowest BCUT2D eigenvalue weighted by Crippen LogP contribution is -2.35. The lowest BCUT2D eigenvalue weighted by Gasteiger charge is -2.43. The second-order valence-corrected chi connectivity index (χ2v) is 6.32. The molecule has 0 nitrogen and oxygen atoms in total. The van der Waals surface area contributed by atoms with Gasteiger partial charge in [-0.05, 0) is 62.2 Å². The van der Waals surface area contributed by atoms with Gasteiger partial charge in [0, 0.05) is 0 Å². The molecular weight excluding hydrogens is 180 g/mol. The molecule has 0 bridgehead atoms. The van der Waals surface area contributed by atoms with Crippen LogP contribution in [0.1, 0.15) is 59.8 Å². The molecule has 0 N–H and O–H groups in total. The predicted molar refractivity (Wildman–Crippen MR) is 66.8 cm³/mol. The Balaban J connectivity index is 2.23. The van der Waals surface area contributed by atoms with Crippen LogP contribution in [-0.2, 0) is 0 Å². The van der Waals surface area contributed by atoms with Crippen molar-refractivity contribution in [2.75, 3.05) is 0 Å². The van der Waals surface area contributed by atoms with Gasteiger partial charge in [-0.2, -0.15) is 0 Å². The lowest BCUT2D eigenvalue weighted by atomic mass is 9.62. The van der Waals surface area contributed by atoms with Gasteiger partial charge in [0.1, 0.15) is 0 Å². The second kappa shape index (κ2) is 3.96. The van der Waals surface area contributed by atoms with Crippen LogP contribution in [0.25, 0.3) is 0 Å². The molecule has 0 heteroatoms. The van der Waals surface area contributed by atoms with Gasteiger partial charge in [-0.15, -0.1) is 0 Å². The molecule has 0 aromatic heterocycles. The number of hydrogen-bond donors (Lipinski definition) is 0. The highest BCUT2D eigenvalue weighted by Crippen LogP contribution is 2.57. The summed E-state index contributed by atoms with van der Waals surface area (Å²) in [6.07, 6.45) is 9.65. The van der Waals surface area contributed by atoms with Crippen LogP contribution in [0, 0.1) is 23.2 Å². The zero-order valence-electron chi connectivity index (χ0n) is 10.8. The van der Waals surface area contributed by atoms with Crippen molar-refractivity contribution in [1.82, 2.24) is 0 Å². The Kier molecular flexibility index (Phi) is 2.96. The monoisotopic (exact) mass is 206 g/mol. The predicted octanol–water partition coefficient (Wildman–Crippen LogP) is 4.81. The molecule has 0 saturated heterocycles. The van der Waals surface area contributed by atoms with E-state index in [-0.39, 0.29) is 0 Å². The fourth-order valence-electron chi connectivity index (χ4n) is 4.15. The van der Waals surface area contributed by atoms with Gasteiger partial charge in [-0.25, -0.2) is 0 Å². The second-order valence-electron chi connectivity index (χ2n) is 6.32. The molecule has 1 spiro atoms. The molecular formula is C15H26. The molecule has 0 heterocycles. The minimum absolute atomic E-state index is 0.674. The maximum atomic E-state index is 2.53. The van der Waals surface area contributed by atoms with Crippen molar-refractivity contribution in [3.05, 3.63) is 11.6 Å². The SMILES string of the molecule is CC1=CC[C@]2(CC1)[C@H](C)CC[C@H]2C(C)C. The van der Waals surface area contributed by atoms with Crippen molar-refractivity contribution < 1.29 is 0 Å². The molecule has 0 aromatic carbocycles. The third-order valence-electron chi connectivity index (χ3n) is 5.25. The number of hydrogen-bond acceptors (Lipinski definition) is 0. The summed E-state index contributed by atoms with van der Waals surface area (Å²) < 4.78 is 0. The highest BCUT2D eigenvalue weighted by molar-refractivity contribution is 5.11. The maximum Gasteiger partial charge on any atom is -0.0203 e. The van der Waals surface area contributed by atoms with Crippen molar-refractivity contribution in [2.45, 2.75) is 59.8 Å².